The van der Waals surface area contributed by atoms with E-state index in [-0.39, 0.29) is 11.3 Å². The van der Waals surface area contributed by atoms with Crippen LogP contribution < -0.4 is 5.32 Å². The number of amides is 1. The number of benzene rings is 1. The molecule has 0 aliphatic carbocycles. The van der Waals surface area contributed by atoms with Gasteiger partial charge in [-0.2, -0.15) is 0 Å². The highest BCUT2D eigenvalue weighted by atomic mass is 79.9. The van der Waals surface area contributed by atoms with Crippen molar-refractivity contribution in [1.29, 1.82) is 0 Å². The van der Waals surface area contributed by atoms with Crippen molar-refractivity contribution in [1.82, 2.24) is 5.32 Å². The number of halogens is 2. The molecule has 1 unspecified atom stereocenters. The van der Waals surface area contributed by atoms with Gasteiger partial charge in [0.05, 0.1) is 0 Å². The summed E-state index contributed by atoms with van der Waals surface area (Å²) in [6.45, 7) is 2.32. The maximum absolute atomic E-state index is 11.5. The van der Waals surface area contributed by atoms with Crippen LogP contribution in [0.25, 0.3) is 0 Å². The monoisotopic (exact) mass is 275 g/mol. The van der Waals surface area contributed by atoms with E-state index >= 15 is 0 Å². The lowest BCUT2D eigenvalue weighted by molar-refractivity contribution is 0.0954. The van der Waals surface area contributed by atoms with E-state index in [0.717, 1.165) is 4.47 Å². The Morgan fingerprint density at radius 1 is 1.50 bits per heavy atom. The molecular formula is C10H11BrClNO. The van der Waals surface area contributed by atoms with Crippen molar-refractivity contribution in [2.75, 3.05) is 6.54 Å². The Labute approximate surface area is 96.8 Å². The molecule has 0 fully saturated rings. The van der Waals surface area contributed by atoms with Crippen molar-refractivity contribution in [2.24, 2.45) is 0 Å². The molecule has 1 aromatic rings. The van der Waals surface area contributed by atoms with E-state index in [2.05, 4.69) is 21.2 Å². The third kappa shape index (κ3) is 3.68. The van der Waals surface area contributed by atoms with Gasteiger partial charge in [0.1, 0.15) is 0 Å². The largest absolute Gasteiger partial charge is 0.351 e. The van der Waals surface area contributed by atoms with E-state index < -0.39 is 0 Å². The number of alkyl halides is 1. The normalized spacial score (nSPS) is 12.2. The lowest BCUT2D eigenvalue weighted by Gasteiger charge is -2.06. The van der Waals surface area contributed by atoms with Gasteiger partial charge in [0, 0.05) is 22.0 Å². The van der Waals surface area contributed by atoms with Gasteiger partial charge in [-0.15, -0.1) is 11.6 Å². The van der Waals surface area contributed by atoms with Crippen molar-refractivity contribution in [3.63, 3.8) is 0 Å². The summed E-state index contributed by atoms with van der Waals surface area (Å²) in [5, 5.41) is 2.68. The standard InChI is InChI=1S/C10H11BrClNO/c1-7(12)6-13-10(14)8-2-4-9(11)5-3-8/h2-5,7H,6H2,1H3,(H,13,14). The zero-order valence-electron chi connectivity index (χ0n) is 7.76. The van der Waals surface area contributed by atoms with Gasteiger partial charge in [0.25, 0.3) is 5.91 Å². The first kappa shape index (κ1) is 11.5. The molecule has 76 valence electrons. The van der Waals surface area contributed by atoms with E-state index in [0.29, 0.717) is 12.1 Å². The third-order valence-electron chi connectivity index (χ3n) is 1.65. The maximum atomic E-state index is 11.5. The van der Waals surface area contributed by atoms with E-state index in [1.54, 1.807) is 12.1 Å². The fraction of sp³-hybridized carbons (Fsp3) is 0.300. The Morgan fingerprint density at radius 2 is 2.07 bits per heavy atom. The van der Waals surface area contributed by atoms with Crippen LogP contribution in [0.1, 0.15) is 17.3 Å². The van der Waals surface area contributed by atoms with Gasteiger partial charge < -0.3 is 5.32 Å². The first-order valence-electron chi connectivity index (χ1n) is 4.27. The first-order valence-corrected chi connectivity index (χ1v) is 5.50. The van der Waals surface area contributed by atoms with Crippen molar-refractivity contribution < 1.29 is 4.79 Å². The van der Waals surface area contributed by atoms with E-state index in [4.69, 9.17) is 11.6 Å². The Morgan fingerprint density at radius 3 is 2.57 bits per heavy atom. The second kappa shape index (κ2) is 5.37. The number of nitrogens with one attached hydrogen (secondary N) is 1. The number of carbonyl (C=O) groups excluding carboxylic acids is 1. The fourth-order valence-corrected chi connectivity index (χ4v) is 1.28. The minimum atomic E-state index is -0.0926. The summed E-state index contributed by atoms with van der Waals surface area (Å²) in [6, 6.07) is 7.19. The molecule has 0 aliphatic heterocycles. The van der Waals surface area contributed by atoms with E-state index in [9.17, 15) is 4.79 Å². The number of rotatable bonds is 3. The smallest absolute Gasteiger partial charge is 0.251 e. The van der Waals surface area contributed by atoms with Crippen LogP contribution in [0.15, 0.2) is 28.7 Å². The Kier molecular flexibility index (Phi) is 4.42. The molecule has 0 saturated carbocycles. The van der Waals surface area contributed by atoms with Crippen LogP contribution in [0.5, 0.6) is 0 Å². The molecule has 1 atom stereocenters. The van der Waals surface area contributed by atoms with E-state index in [1.807, 2.05) is 19.1 Å². The number of hydrogen-bond donors (Lipinski definition) is 1. The Hall–Kier alpha value is -0.540. The first-order chi connectivity index (χ1) is 6.59. The Bertz CT molecular complexity index is 310. The molecule has 14 heavy (non-hydrogen) atoms. The molecule has 4 heteroatoms. The van der Waals surface area contributed by atoms with Crippen LogP contribution in [0.2, 0.25) is 0 Å². The highest BCUT2D eigenvalue weighted by Gasteiger charge is 2.05. The van der Waals surface area contributed by atoms with Gasteiger partial charge in [0.15, 0.2) is 0 Å². The average Bonchev–Trinajstić information content (AvgIpc) is 2.15. The summed E-state index contributed by atoms with van der Waals surface area (Å²) in [5.74, 6) is -0.0926. The summed E-state index contributed by atoms with van der Waals surface area (Å²) in [4.78, 5) is 11.5. The minimum Gasteiger partial charge on any atom is -0.351 e. The van der Waals surface area contributed by atoms with Crippen LogP contribution in [0.4, 0.5) is 0 Å². The third-order valence-corrected chi connectivity index (χ3v) is 2.33. The number of hydrogen-bond acceptors (Lipinski definition) is 1. The van der Waals surface area contributed by atoms with Crippen molar-refractivity contribution in [2.45, 2.75) is 12.3 Å². The summed E-state index contributed by atoms with van der Waals surface area (Å²) < 4.78 is 0.958. The minimum absolute atomic E-state index is 0.0469. The molecule has 0 spiro atoms. The highest BCUT2D eigenvalue weighted by molar-refractivity contribution is 9.10. The number of carbonyl (C=O) groups is 1. The molecule has 0 radical (unpaired) electrons. The second-order valence-corrected chi connectivity index (χ2v) is 4.66. The van der Waals surface area contributed by atoms with Gasteiger partial charge >= 0.3 is 0 Å². The molecule has 1 rings (SSSR count). The van der Waals surface area contributed by atoms with Crippen molar-refractivity contribution in [3.8, 4) is 0 Å². The van der Waals surface area contributed by atoms with Gasteiger partial charge in [-0.25, -0.2) is 0 Å². The lowest BCUT2D eigenvalue weighted by Crippen LogP contribution is -2.28. The van der Waals surface area contributed by atoms with Gasteiger partial charge in [-0.3, -0.25) is 4.79 Å². The van der Waals surface area contributed by atoms with Gasteiger partial charge in [-0.1, -0.05) is 15.9 Å². The SMILES string of the molecule is CC(Cl)CNC(=O)c1ccc(Br)cc1. The van der Waals surface area contributed by atoms with E-state index in [1.165, 1.54) is 0 Å². The van der Waals surface area contributed by atoms with Gasteiger partial charge in [0.2, 0.25) is 0 Å². The molecular weight excluding hydrogens is 265 g/mol. The van der Waals surface area contributed by atoms with Crippen LogP contribution in [0, 0.1) is 0 Å². The summed E-state index contributed by atoms with van der Waals surface area (Å²) in [7, 11) is 0. The van der Waals surface area contributed by atoms with Crippen molar-refractivity contribution >= 4 is 33.4 Å². The summed E-state index contributed by atoms with van der Waals surface area (Å²) in [5.41, 5.74) is 0.644. The molecule has 0 aromatic heterocycles. The molecule has 0 saturated heterocycles. The lowest BCUT2D eigenvalue weighted by atomic mass is 10.2. The molecule has 1 N–H and O–H groups in total. The van der Waals surface area contributed by atoms with Crippen LogP contribution in [0.3, 0.4) is 0 Å². The molecule has 0 aliphatic rings. The maximum Gasteiger partial charge on any atom is 0.251 e. The topological polar surface area (TPSA) is 29.1 Å². The molecule has 0 bridgehead atoms. The zero-order chi connectivity index (χ0) is 10.6. The average molecular weight is 277 g/mol. The predicted molar refractivity (Wildman–Crippen MR) is 61.8 cm³/mol. The van der Waals surface area contributed by atoms with Crippen LogP contribution in [-0.2, 0) is 0 Å². The molecule has 0 heterocycles. The summed E-state index contributed by atoms with van der Waals surface area (Å²) in [6.07, 6.45) is 0. The van der Waals surface area contributed by atoms with Gasteiger partial charge in [-0.05, 0) is 31.2 Å². The fourth-order valence-electron chi connectivity index (χ4n) is 0.937. The Balaban J connectivity index is 2.57. The van der Waals surface area contributed by atoms with Crippen LogP contribution in [-0.4, -0.2) is 17.8 Å². The quantitative estimate of drug-likeness (QED) is 0.845. The molecule has 2 nitrogen and oxygen atoms in total. The van der Waals surface area contributed by atoms with Crippen LogP contribution >= 0.6 is 27.5 Å². The summed E-state index contributed by atoms with van der Waals surface area (Å²) >= 11 is 9.02. The molecule has 1 aromatic carbocycles. The second-order valence-electron chi connectivity index (χ2n) is 3.00. The zero-order valence-corrected chi connectivity index (χ0v) is 10.1. The van der Waals surface area contributed by atoms with Crippen molar-refractivity contribution in [3.05, 3.63) is 34.3 Å². The highest BCUT2D eigenvalue weighted by Crippen LogP contribution is 2.10. The predicted octanol–water partition coefficient (Wildman–Crippen LogP) is 2.81. The molecule has 1 amide bonds.